The predicted octanol–water partition coefficient (Wildman–Crippen LogP) is 1.94. The van der Waals surface area contributed by atoms with E-state index in [1.54, 1.807) is 12.3 Å². The first kappa shape index (κ1) is 14.8. The number of aromatic nitrogens is 1. The lowest BCUT2D eigenvalue weighted by atomic mass is 10.2. The summed E-state index contributed by atoms with van der Waals surface area (Å²) < 4.78 is 2.08. The smallest absolute Gasteiger partial charge is 0.316 e. The third kappa shape index (κ3) is 3.06. The molecule has 6 heteroatoms. The summed E-state index contributed by atoms with van der Waals surface area (Å²) in [5.41, 5.74) is 0.702. The summed E-state index contributed by atoms with van der Waals surface area (Å²) in [6, 6.07) is 12.9. The lowest BCUT2D eigenvalue weighted by Crippen LogP contribution is -2.52. The molecule has 0 radical (unpaired) electrons. The van der Waals surface area contributed by atoms with Crippen molar-refractivity contribution in [1.29, 1.82) is 0 Å². The number of pyridine rings is 1. The van der Waals surface area contributed by atoms with Crippen LogP contribution < -0.4 is 9.63 Å². The van der Waals surface area contributed by atoms with E-state index in [-0.39, 0.29) is 5.91 Å². The van der Waals surface area contributed by atoms with E-state index in [0.717, 1.165) is 15.0 Å². The normalized spacial score (nSPS) is 15.0. The molecule has 0 atom stereocenters. The molecule has 0 aliphatic carbocycles. The van der Waals surface area contributed by atoms with Crippen molar-refractivity contribution in [2.75, 3.05) is 31.1 Å². The number of rotatable bonds is 2. The minimum atomic E-state index is 0.0529. The summed E-state index contributed by atoms with van der Waals surface area (Å²) in [6.07, 6.45) is 1.61. The van der Waals surface area contributed by atoms with Gasteiger partial charge in [0, 0.05) is 16.1 Å². The fraction of sp³-hybridized carbons (Fsp3) is 0.250. The van der Waals surface area contributed by atoms with Crippen LogP contribution in [0.1, 0.15) is 10.4 Å². The van der Waals surface area contributed by atoms with Crippen LogP contribution in [0.3, 0.4) is 0 Å². The van der Waals surface area contributed by atoms with Crippen LogP contribution in [0.25, 0.3) is 0 Å². The number of carbonyl (C=O) groups excluding carboxylic acids is 1. The topological polar surface area (TPSA) is 47.7 Å². The van der Waals surface area contributed by atoms with Crippen LogP contribution in [0.5, 0.6) is 0 Å². The number of anilines is 1. The van der Waals surface area contributed by atoms with Gasteiger partial charge in [-0.2, -0.15) is 0 Å². The van der Waals surface area contributed by atoms with E-state index in [4.69, 9.17) is 0 Å². The van der Waals surface area contributed by atoms with Crippen LogP contribution in [0.2, 0.25) is 0 Å². The standard InChI is InChI=1S/C16H17BrN3O2/c17-14-6-4-13(5-7-14)16(21)19-11-9-18(10-12-19)15-3-1-2-8-20(15)22/h1-8,22H,9-12H2/q+1. The Hall–Kier alpha value is -2.08. The van der Waals surface area contributed by atoms with Crippen molar-refractivity contribution in [3.63, 3.8) is 0 Å². The highest BCUT2D eigenvalue weighted by Crippen LogP contribution is 2.15. The van der Waals surface area contributed by atoms with Crippen LogP contribution in [-0.4, -0.2) is 42.2 Å². The van der Waals surface area contributed by atoms with Crippen LogP contribution in [-0.2, 0) is 0 Å². The van der Waals surface area contributed by atoms with Crippen molar-refractivity contribution >= 4 is 27.7 Å². The molecule has 2 heterocycles. The van der Waals surface area contributed by atoms with E-state index < -0.39 is 0 Å². The monoisotopic (exact) mass is 362 g/mol. The fourth-order valence-corrected chi connectivity index (χ4v) is 2.85. The molecular formula is C16H17BrN3O2+. The van der Waals surface area contributed by atoms with Crippen LogP contribution >= 0.6 is 15.9 Å². The number of carbonyl (C=O) groups is 1. The third-order valence-electron chi connectivity index (χ3n) is 3.80. The molecule has 5 nitrogen and oxygen atoms in total. The number of amides is 1. The molecule has 114 valence electrons. The summed E-state index contributed by atoms with van der Waals surface area (Å²) in [5, 5.41) is 9.83. The molecule has 0 unspecified atom stereocenters. The second-order valence-corrected chi connectivity index (χ2v) is 6.11. The Kier molecular flexibility index (Phi) is 4.29. The van der Waals surface area contributed by atoms with Crippen molar-refractivity contribution in [1.82, 2.24) is 4.90 Å². The maximum atomic E-state index is 12.5. The highest BCUT2D eigenvalue weighted by molar-refractivity contribution is 9.10. The number of hydrogen-bond acceptors (Lipinski definition) is 3. The number of piperazine rings is 1. The quantitative estimate of drug-likeness (QED) is 0.655. The van der Waals surface area contributed by atoms with Crippen LogP contribution in [0.15, 0.2) is 53.1 Å². The largest absolute Gasteiger partial charge is 0.350 e. The molecule has 3 rings (SSSR count). The molecule has 22 heavy (non-hydrogen) atoms. The second-order valence-electron chi connectivity index (χ2n) is 5.19. The highest BCUT2D eigenvalue weighted by Gasteiger charge is 2.28. The Bertz CT molecular complexity index is 667. The van der Waals surface area contributed by atoms with E-state index in [0.29, 0.717) is 31.7 Å². The van der Waals surface area contributed by atoms with Gasteiger partial charge >= 0.3 is 5.82 Å². The summed E-state index contributed by atoms with van der Waals surface area (Å²) >= 11 is 3.37. The molecule has 1 aromatic carbocycles. The van der Waals surface area contributed by atoms with Crippen LogP contribution in [0, 0.1) is 0 Å². The van der Waals surface area contributed by atoms with Gasteiger partial charge in [0.25, 0.3) is 5.91 Å². The zero-order valence-electron chi connectivity index (χ0n) is 12.0. The molecule has 0 bridgehead atoms. The number of halogens is 1. The Balaban J connectivity index is 1.65. The molecule has 1 amide bonds. The SMILES string of the molecule is O=C(c1ccc(Br)cc1)N1CCN(c2cccc[n+]2O)CC1. The number of nitrogens with zero attached hydrogens (tertiary/aromatic N) is 3. The van der Waals surface area contributed by atoms with E-state index in [1.165, 1.54) is 0 Å². The highest BCUT2D eigenvalue weighted by atomic mass is 79.9. The number of benzene rings is 1. The minimum Gasteiger partial charge on any atom is -0.350 e. The molecule has 2 aromatic rings. The molecule has 1 aliphatic rings. The van der Waals surface area contributed by atoms with Crippen molar-refractivity contribution in [2.24, 2.45) is 0 Å². The Labute approximate surface area is 137 Å². The average Bonchev–Trinajstić information content (AvgIpc) is 2.56. The maximum absolute atomic E-state index is 12.5. The van der Waals surface area contributed by atoms with Crippen molar-refractivity contribution < 1.29 is 14.7 Å². The molecule has 0 spiro atoms. The summed E-state index contributed by atoms with van der Waals surface area (Å²) in [5.74, 6) is 0.801. The van der Waals surface area contributed by atoms with Gasteiger partial charge in [0.1, 0.15) is 19.3 Å². The van der Waals surface area contributed by atoms with E-state index in [9.17, 15) is 10.0 Å². The molecule has 1 aromatic heterocycles. The van der Waals surface area contributed by atoms with Gasteiger partial charge in [0.2, 0.25) is 0 Å². The molecule has 1 fully saturated rings. The lowest BCUT2D eigenvalue weighted by Gasteiger charge is -2.31. The van der Waals surface area contributed by atoms with Crippen molar-refractivity contribution in [3.8, 4) is 0 Å². The average molecular weight is 363 g/mol. The zero-order chi connectivity index (χ0) is 15.5. The van der Waals surface area contributed by atoms with Gasteiger partial charge in [-0.3, -0.25) is 9.69 Å². The van der Waals surface area contributed by atoms with E-state index in [1.807, 2.05) is 41.3 Å². The Morgan fingerprint density at radius 3 is 2.36 bits per heavy atom. The van der Waals surface area contributed by atoms with Gasteiger partial charge in [-0.05, 0) is 30.3 Å². The van der Waals surface area contributed by atoms with E-state index in [2.05, 4.69) is 20.8 Å². The van der Waals surface area contributed by atoms with Crippen LogP contribution in [0.4, 0.5) is 5.82 Å². The lowest BCUT2D eigenvalue weighted by molar-refractivity contribution is -0.894. The first-order valence-electron chi connectivity index (χ1n) is 7.15. The van der Waals surface area contributed by atoms with Gasteiger partial charge in [-0.15, -0.1) is 0 Å². The summed E-state index contributed by atoms with van der Waals surface area (Å²) in [7, 11) is 0. The Morgan fingerprint density at radius 1 is 1.05 bits per heavy atom. The van der Waals surface area contributed by atoms with Gasteiger partial charge in [0.05, 0.1) is 13.1 Å². The Morgan fingerprint density at radius 2 is 1.73 bits per heavy atom. The van der Waals surface area contributed by atoms with Gasteiger partial charge in [0.15, 0.2) is 0 Å². The predicted molar refractivity (Wildman–Crippen MR) is 86.1 cm³/mol. The van der Waals surface area contributed by atoms with Crippen molar-refractivity contribution in [2.45, 2.75) is 0 Å². The first-order chi connectivity index (χ1) is 10.6. The third-order valence-corrected chi connectivity index (χ3v) is 4.33. The molecular weight excluding hydrogens is 346 g/mol. The summed E-state index contributed by atoms with van der Waals surface area (Å²) in [4.78, 5) is 16.4. The van der Waals surface area contributed by atoms with E-state index >= 15 is 0 Å². The first-order valence-corrected chi connectivity index (χ1v) is 7.94. The molecule has 1 saturated heterocycles. The minimum absolute atomic E-state index is 0.0529. The second kappa shape index (κ2) is 6.36. The van der Waals surface area contributed by atoms with Gasteiger partial charge in [-0.25, -0.2) is 0 Å². The fourth-order valence-electron chi connectivity index (χ4n) is 2.59. The van der Waals surface area contributed by atoms with Gasteiger partial charge < -0.3 is 10.1 Å². The zero-order valence-corrected chi connectivity index (χ0v) is 13.6. The maximum Gasteiger partial charge on any atom is 0.316 e. The molecule has 1 N–H and O–H groups in total. The summed E-state index contributed by atoms with van der Waals surface area (Å²) in [6.45, 7) is 2.69. The molecule has 1 aliphatic heterocycles. The van der Waals surface area contributed by atoms with Gasteiger partial charge in [-0.1, -0.05) is 26.7 Å². The van der Waals surface area contributed by atoms with Crippen molar-refractivity contribution in [3.05, 3.63) is 58.7 Å². The molecule has 0 saturated carbocycles. The number of hydrogen-bond donors (Lipinski definition) is 1.